The molecule has 2 aromatic heterocycles. The molecule has 0 saturated carbocycles. The van der Waals surface area contributed by atoms with Crippen molar-refractivity contribution in [1.82, 2.24) is 35.9 Å². The average molecular weight is 494 g/mol. The van der Waals surface area contributed by atoms with E-state index in [-0.39, 0.29) is 12.8 Å². The molecule has 2 aromatic rings. The van der Waals surface area contributed by atoms with Gasteiger partial charge in [-0.3, -0.25) is 19.2 Å². The molecule has 0 spiro atoms. The number of hydrogen-bond acceptors (Lipinski definition) is 9. The van der Waals surface area contributed by atoms with Crippen LogP contribution in [0.15, 0.2) is 25.0 Å². The molecule has 190 valence electrons. The molecule has 4 unspecified atom stereocenters. The number of carbonyl (C=O) groups excluding carboxylic acids is 3. The molecule has 0 aliphatic rings. The summed E-state index contributed by atoms with van der Waals surface area (Å²) >= 11 is 0. The molecule has 16 heteroatoms. The maximum atomic E-state index is 12.9. The SMILES string of the molecule is NC(CC(=O)O)C(=O)NC(CO)C(=O)NC(Cc1cnc[nH]1)C(=O)NC(Cc1cnc[nH]1)C(=O)O. The predicted octanol–water partition coefficient (Wildman–Crippen LogP) is -3.75. The lowest BCUT2D eigenvalue weighted by molar-refractivity contribution is -0.142. The van der Waals surface area contributed by atoms with Crippen molar-refractivity contribution in [3.8, 4) is 0 Å². The van der Waals surface area contributed by atoms with Crippen LogP contribution in [-0.2, 0) is 36.8 Å². The van der Waals surface area contributed by atoms with Gasteiger partial charge in [-0.2, -0.15) is 0 Å². The summed E-state index contributed by atoms with van der Waals surface area (Å²) in [5.74, 6) is -5.50. The number of H-pyrrole nitrogens is 2. The minimum absolute atomic E-state index is 0.109. The van der Waals surface area contributed by atoms with Gasteiger partial charge in [-0.25, -0.2) is 14.8 Å². The van der Waals surface area contributed by atoms with Gasteiger partial charge in [0.25, 0.3) is 0 Å². The molecular weight excluding hydrogens is 468 g/mol. The lowest BCUT2D eigenvalue weighted by Crippen LogP contribution is -2.58. The van der Waals surface area contributed by atoms with Crippen LogP contribution < -0.4 is 21.7 Å². The Labute approximate surface area is 197 Å². The van der Waals surface area contributed by atoms with Crippen LogP contribution in [0.1, 0.15) is 17.8 Å². The Morgan fingerprint density at radius 3 is 1.77 bits per heavy atom. The molecule has 4 atom stereocenters. The highest BCUT2D eigenvalue weighted by molar-refractivity contribution is 5.94. The molecule has 0 saturated heterocycles. The molecule has 10 N–H and O–H groups in total. The number of carbonyl (C=O) groups is 5. The number of hydrogen-bond donors (Lipinski definition) is 9. The minimum atomic E-state index is -1.56. The average Bonchev–Trinajstić information content (AvgIpc) is 3.49. The van der Waals surface area contributed by atoms with Gasteiger partial charge in [-0.05, 0) is 0 Å². The van der Waals surface area contributed by atoms with Crippen LogP contribution in [0.4, 0.5) is 0 Å². The molecule has 35 heavy (non-hydrogen) atoms. The van der Waals surface area contributed by atoms with Gasteiger partial charge in [0.2, 0.25) is 17.7 Å². The highest BCUT2D eigenvalue weighted by atomic mass is 16.4. The topological polar surface area (TPSA) is 266 Å². The Bertz CT molecular complexity index is 1010. The number of rotatable bonds is 14. The second-order valence-corrected chi connectivity index (χ2v) is 7.47. The maximum absolute atomic E-state index is 12.9. The third-order valence-electron chi connectivity index (χ3n) is 4.75. The zero-order valence-corrected chi connectivity index (χ0v) is 18.3. The minimum Gasteiger partial charge on any atom is -0.481 e. The Balaban J connectivity index is 2.12. The molecule has 0 aliphatic carbocycles. The summed E-state index contributed by atoms with van der Waals surface area (Å²) in [7, 11) is 0. The number of aliphatic hydroxyl groups excluding tert-OH is 1. The van der Waals surface area contributed by atoms with E-state index >= 15 is 0 Å². The number of aromatic amines is 2. The first kappa shape index (κ1) is 26.9. The maximum Gasteiger partial charge on any atom is 0.326 e. The van der Waals surface area contributed by atoms with Crippen LogP contribution in [0.3, 0.4) is 0 Å². The summed E-state index contributed by atoms with van der Waals surface area (Å²) in [6, 6.07) is -5.71. The Kier molecular flexibility index (Phi) is 9.85. The standard InChI is InChI=1S/C19H26N8O8/c20-11(3-15(29)30)16(31)27-14(6-28)18(33)25-12(1-9-4-21-7-23-9)17(32)26-13(19(34)35)2-10-5-22-8-24-10/h4-5,7-8,11-14,28H,1-3,6,20H2,(H,21,23)(H,22,24)(H,25,33)(H,26,32)(H,27,31)(H,29,30)(H,34,35). The number of nitrogens with one attached hydrogen (secondary N) is 5. The number of nitrogens with zero attached hydrogens (tertiary/aromatic N) is 2. The van der Waals surface area contributed by atoms with E-state index in [1.165, 1.54) is 25.0 Å². The molecule has 0 aromatic carbocycles. The Morgan fingerprint density at radius 2 is 1.31 bits per heavy atom. The molecule has 0 bridgehead atoms. The van der Waals surface area contributed by atoms with Crippen molar-refractivity contribution in [2.75, 3.05) is 6.61 Å². The van der Waals surface area contributed by atoms with Crippen LogP contribution in [0.5, 0.6) is 0 Å². The fourth-order valence-electron chi connectivity index (χ4n) is 2.94. The van der Waals surface area contributed by atoms with Crippen molar-refractivity contribution in [2.24, 2.45) is 5.73 Å². The number of imidazole rings is 2. The highest BCUT2D eigenvalue weighted by Crippen LogP contribution is 2.04. The normalized spacial score (nSPS) is 14.2. The second-order valence-electron chi connectivity index (χ2n) is 7.47. The third kappa shape index (κ3) is 8.52. The number of carboxylic acids is 2. The van der Waals surface area contributed by atoms with Crippen LogP contribution in [-0.4, -0.2) is 95.7 Å². The van der Waals surface area contributed by atoms with Crippen LogP contribution in [0.2, 0.25) is 0 Å². The summed E-state index contributed by atoms with van der Waals surface area (Å²) in [5, 5.41) is 34.6. The van der Waals surface area contributed by atoms with Gasteiger partial charge < -0.3 is 47.0 Å². The number of aliphatic carboxylic acids is 2. The zero-order chi connectivity index (χ0) is 26.0. The van der Waals surface area contributed by atoms with E-state index in [1.54, 1.807) is 0 Å². The fourth-order valence-corrected chi connectivity index (χ4v) is 2.94. The van der Waals surface area contributed by atoms with E-state index in [4.69, 9.17) is 10.8 Å². The number of nitrogens with two attached hydrogens (primary N) is 1. The Hall–Kier alpha value is -4.31. The van der Waals surface area contributed by atoms with Crippen molar-refractivity contribution in [3.05, 3.63) is 36.4 Å². The first-order valence-electron chi connectivity index (χ1n) is 10.3. The molecule has 2 rings (SSSR count). The summed E-state index contributed by atoms with van der Waals surface area (Å²) in [6.45, 7) is -0.882. The smallest absolute Gasteiger partial charge is 0.326 e. The number of aromatic nitrogens is 4. The number of amides is 3. The van der Waals surface area contributed by atoms with E-state index in [2.05, 4.69) is 35.9 Å². The third-order valence-corrected chi connectivity index (χ3v) is 4.75. The van der Waals surface area contributed by atoms with E-state index < -0.39 is 66.9 Å². The van der Waals surface area contributed by atoms with Crippen molar-refractivity contribution in [2.45, 2.75) is 43.4 Å². The number of carboxylic acid groups (broad SMARTS) is 2. The summed E-state index contributed by atoms with van der Waals surface area (Å²) in [4.78, 5) is 73.1. The Morgan fingerprint density at radius 1 is 0.829 bits per heavy atom. The van der Waals surface area contributed by atoms with E-state index in [0.717, 1.165) is 0 Å². The fraction of sp³-hybridized carbons (Fsp3) is 0.421. The molecule has 3 amide bonds. The van der Waals surface area contributed by atoms with Crippen molar-refractivity contribution >= 4 is 29.7 Å². The zero-order valence-electron chi connectivity index (χ0n) is 18.3. The molecule has 0 radical (unpaired) electrons. The molecule has 2 heterocycles. The largest absolute Gasteiger partial charge is 0.481 e. The van der Waals surface area contributed by atoms with Gasteiger partial charge >= 0.3 is 11.9 Å². The van der Waals surface area contributed by atoms with Gasteiger partial charge in [-0.1, -0.05) is 0 Å². The quantitative estimate of drug-likeness (QED) is 0.123. The van der Waals surface area contributed by atoms with Gasteiger partial charge in [0, 0.05) is 36.6 Å². The van der Waals surface area contributed by atoms with E-state index in [1.807, 2.05) is 0 Å². The van der Waals surface area contributed by atoms with Gasteiger partial charge in [0.05, 0.1) is 31.7 Å². The summed E-state index contributed by atoms with van der Waals surface area (Å²) in [6.07, 6.45) is 4.54. The summed E-state index contributed by atoms with van der Waals surface area (Å²) in [5.41, 5.74) is 6.34. The lowest BCUT2D eigenvalue weighted by atomic mass is 10.1. The van der Waals surface area contributed by atoms with Crippen LogP contribution >= 0.6 is 0 Å². The highest BCUT2D eigenvalue weighted by Gasteiger charge is 2.31. The van der Waals surface area contributed by atoms with Gasteiger partial charge in [0.1, 0.15) is 18.1 Å². The van der Waals surface area contributed by atoms with Gasteiger partial charge in [-0.15, -0.1) is 0 Å². The molecular formula is C19H26N8O8. The van der Waals surface area contributed by atoms with E-state index in [0.29, 0.717) is 11.4 Å². The van der Waals surface area contributed by atoms with Crippen LogP contribution in [0, 0.1) is 0 Å². The van der Waals surface area contributed by atoms with Crippen molar-refractivity contribution in [1.29, 1.82) is 0 Å². The molecule has 16 nitrogen and oxygen atoms in total. The van der Waals surface area contributed by atoms with Gasteiger partial charge in [0.15, 0.2) is 0 Å². The van der Waals surface area contributed by atoms with Crippen molar-refractivity contribution < 1.29 is 39.3 Å². The van der Waals surface area contributed by atoms with E-state index in [9.17, 15) is 34.2 Å². The second kappa shape index (κ2) is 12.8. The summed E-state index contributed by atoms with van der Waals surface area (Å²) < 4.78 is 0. The predicted molar refractivity (Wildman–Crippen MR) is 115 cm³/mol. The lowest BCUT2D eigenvalue weighted by Gasteiger charge is -2.24. The van der Waals surface area contributed by atoms with Crippen molar-refractivity contribution in [3.63, 3.8) is 0 Å². The molecule has 0 fully saturated rings. The first-order valence-corrected chi connectivity index (χ1v) is 10.3. The first-order chi connectivity index (χ1) is 16.6. The number of aliphatic hydroxyl groups is 1. The van der Waals surface area contributed by atoms with Crippen LogP contribution in [0.25, 0.3) is 0 Å². The monoisotopic (exact) mass is 494 g/mol. The molecule has 0 aliphatic heterocycles.